The molecule has 0 unspecified atom stereocenters. The van der Waals surface area contributed by atoms with Crippen molar-refractivity contribution in [3.05, 3.63) is 187 Å². The number of hydrogen-bond acceptors (Lipinski definition) is 1. The Kier molecular flexibility index (Phi) is 5.62. The van der Waals surface area contributed by atoms with E-state index in [9.17, 15) is 2.74 Å². The van der Waals surface area contributed by atoms with Crippen LogP contribution in [0.4, 0.5) is 17.1 Å². The smallest absolute Gasteiger partial charge is 0.0651 e. The molecule has 8 aromatic rings. The molecular weight excluding hydrogens is 579 g/mol. The quantitative estimate of drug-likeness (QED) is 0.186. The van der Waals surface area contributed by atoms with E-state index in [4.69, 9.17) is 2.74 Å². The molecule has 228 valence electrons. The maximum atomic E-state index is 9.71. The molecule has 48 heavy (non-hydrogen) atoms. The molecule has 1 aliphatic carbocycles. The van der Waals surface area contributed by atoms with Gasteiger partial charge in [0.05, 0.1) is 11.2 Å². The highest BCUT2D eigenvalue weighted by atomic mass is 15.1. The summed E-state index contributed by atoms with van der Waals surface area (Å²) in [6.45, 7) is 4.59. The lowest BCUT2D eigenvalue weighted by Crippen LogP contribution is -2.16. The molecule has 0 atom stereocenters. The van der Waals surface area contributed by atoms with Gasteiger partial charge in [0.15, 0.2) is 0 Å². The molecule has 0 heterocycles. The number of hydrogen-bond donors (Lipinski definition) is 0. The van der Waals surface area contributed by atoms with Gasteiger partial charge >= 0.3 is 0 Å². The summed E-state index contributed by atoms with van der Waals surface area (Å²) in [6, 6.07) is 51.2. The lowest BCUT2D eigenvalue weighted by Gasteiger charge is -2.28. The van der Waals surface area contributed by atoms with Crippen LogP contribution < -0.4 is 4.90 Å². The van der Waals surface area contributed by atoms with Crippen LogP contribution in [-0.2, 0) is 5.41 Å². The molecule has 0 aliphatic heterocycles. The molecule has 0 amide bonds. The van der Waals surface area contributed by atoms with E-state index in [-0.39, 0.29) is 35.3 Å². The van der Waals surface area contributed by atoms with Crippen molar-refractivity contribution in [1.29, 1.82) is 0 Å². The molecule has 8 aromatic carbocycles. The van der Waals surface area contributed by atoms with Crippen molar-refractivity contribution in [1.82, 2.24) is 0 Å². The van der Waals surface area contributed by atoms with E-state index in [1.807, 2.05) is 71.6 Å². The van der Waals surface area contributed by atoms with Gasteiger partial charge in [-0.1, -0.05) is 153 Å². The van der Waals surface area contributed by atoms with Crippen molar-refractivity contribution in [2.75, 3.05) is 4.90 Å². The Morgan fingerprint density at radius 2 is 1.17 bits per heavy atom. The molecule has 9 rings (SSSR count). The predicted molar refractivity (Wildman–Crippen MR) is 205 cm³/mol. The van der Waals surface area contributed by atoms with E-state index in [1.54, 1.807) is 0 Å². The fourth-order valence-electron chi connectivity index (χ4n) is 7.61. The highest BCUT2D eigenvalue weighted by Gasteiger charge is 2.37. The number of rotatable bonds is 5. The molecule has 0 saturated carbocycles. The topological polar surface area (TPSA) is 3.24 Å². The minimum Gasteiger partial charge on any atom is -0.310 e. The van der Waals surface area contributed by atoms with Crippen molar-refractivity contribution in [3.63, 3.8) is 0 Å². The molecule has 0 aromatic heterocycles. The summed E-state index contributed by atoms with van der Waals surface area (Å²) < 4.78 is 37.1. The summed E-state index contributed by atoms with van der Waals surface area (Å²) in [5.74, 6) is 0. The van der Waals surface area contributed by atoms with Crippen molar-refractivity contribution >= 4 is 38.6 Å². The van der Waals surface area contributed by atoms with Crippen molar-refractivity contribution in [2.45, 2.75) is 19.3 Å². The zero-order valence-electron chi connectivity index (χ0n) is 30.9. The molecule has 0 N–H and O–H groups in total. The van der Waals surface area contributed by atoms with E-state index in [0.29, 0.717) is 11.1 Å². The van der Waals surface area contributed by atoms with Gasteiger partial charge in [0.1, 0.15) is 0 Å². The molecule has 0 saturated heterocycles. The maximum absolute atomic E-state index is 9.71. The van der Waals surface area contributed by atoms with Crippen LogP contribution in [0.1, 0.15) is 30.5 Å². The third kappa shape index (κ3) is 4.54. The normalized spacial score (nSPS) is 14.1. The summed E-state index contributed by atoms with van der Waals surface area (Å²) in [5.41, 5.74) is 10.1. The molecule has 1 aliphatic rings. The van der Waals surface area contributed by atoms with Crippen molar-refractivity contribution in [2.24, 2.45) is 0 Å². The van der Waals surface area contributed by atoms with Crippen LogP contribution in [0.25, 0.3) is 54.9 Å². The van der Waals surface area contributed by atoms with Crippen LogP contribution in [0.15, 0.2) is 176 Å². The number of nitrogens with zero attached hydrogens (tertiary/aromatic N) is 1. The maximum Gasteiger partial charge on any atom is 0.0651 e. The first kappa shape index (κ1) is 24.3. The first-order chi connectivity index (χ1) is 25.2. The van der Waals surface area contributed by atoms with Gasteiger partial charge in [-0.15, -0.1) is 0 Å². The third-order valence-corrected chi connectivity index (χ3v) is 9.90. The van der Waals surface area contributed by atoms with Gasteiger partial charge < -0.3 is 4.90 Å². The van der Waals surface area contributed by atoms with E-state index < -0.39 is 0 Å². The number of fused-ring (bicyclic) bond motifs is 5. The first-order valence-corrected chi connectivity index (χ1v) is 16.5. The summed E-state index contributed by atoms with van der Waals surface area (Å²) in [6.07, 6.45) is 0. The monoisotopic (exact) mass is 617 g/mol. The minimum absolute atomic E-state index is 0.0404. The molecule has 0 radical (unpaired) electrons. The Hall–Kier alpha value is -5.92. The third-order valence-electron chi connectivity index (χ3n) is 9.90. The van der Waals surface area contributed by atoms with Gasteiger partial charge in [-0.3, -0.25) is 0 Å². The summed E-state index contributed by atoms with van der Waals surface area (Å²) in [5, 5.41) is 4.03. The van der Waals surface area contributed by atoms with Gasteiger partial charge in [0.25, 0.3) is 0 Å². The van der Waals surface area contributed by atoms with E-state index in [2.05, 4.69) is 98.8 Å². The highest BCUT2D eigenvalue weighted by Crippen LogP contribution is 2.52. The predicted octanol–water partition coefficient (Wildman–Crippen LogP) is 13.1. The highest BCUT2D eigenvalue weighted by molar-refractivity contribution is 5.99. The second-order valence-corrected chi connectivity index (χ2v) is 13.1. The summed E-state index contributed by atoms with van der Waals surface area (Å²) in [4.78, 5) is 1.94. The van der Waals surface area contributed by atoms with Crippen molar-refractivity contribution in [3.8, 4) is 33.4 Å². The SMILES string of the molecule is [2H]c1c([2H])c(-c2ccc3ccccc3c2)c([2H])c(N(c2ccc(-c3cccc4c3C(C)(C)c3ccccc3-4)cc2)c2cccc3ccccc23)c1[2H]. The second-order valence-electron chi connectivity index (χ2n) is 13.1. The van der Waals surface area contributed by atoms with Crippen molar-refractivity contribution < 1.29 is 5.48 Å². The van der Waals surface area contributed by atoms with Crippen LogP contribution in [0, 0.1) is 0 Å². The fourth-order valence-corrected chi connectivity index (χ4v) is 7.61. The Morgan fingerprint density at radius 1 is 0.500 bits per heavy atom. The van der Waals surface area contributed by atoms with Crippen LogP contribution >= 0.6 is 0 Å². The van der Waals surface area contributed by atoms with Crippen LogP contribution in [-0.4, -0.2) is 0 Å². The zero-order valence-corrected chi connectivity index (χ0v) is 26.9. The van der Waals surface area contributed by atoms with Crippen LogP contribution in [0.2, 0.25) is 0 Å². The fraction of sp³-hybridized carbons (Fsp3) is 0.0638. The zero-order chi connectivity index (χ0) is 35.7. The average Bonchev–Trinajstić information content (AvgIpc) is 3.42. The second kappa shape index (κ2) is 11.1. The largest absolute Gasteiger partial charge is 0.310 e. The standard InChI is InChI=1S/C47H35N/c1-47(2)44-22-8-7-19-42(44)43-21-11-20-41(46(43)47)34-26-28-38(29-27-34)48(45-23-10-15-33-13-5-6-18-40(33)45)39-17-9-16-36(31-39)37-25-24-32-12-3-4-14-35(32)30-37/h3-31H,1-2H3/i9D,16D,17D,31D. The molecular formula is C47H35N. The average molecular weight is 618 g/mol. The summed E-state index contributed by atoms with van der Waals surface area (Å²) >= 11 is 0. The molecule has 1 heteroatoms. The Labute approximate surface area is 288 Å². The van der Waals surface area contributed by atoms with Crippen LogP contribution in [0.5, 0.6) is 0 Å². The first-order valence-electron chi connectivity index (χ1n) is 18.5. The molecule has 0 fully saturated rings. The van der Waals surface area contributed by atoms with Gasteiger partial charge in [-0.25, -0.2) is 0 Å². The Balaban J connectivity index is 1.25. The van der Waals surface area contributed by atoms with Gasteiger partial charge in [-0.05, 0) is 97.0 Å². The van der Waals surface area contributed by atoms with Gasteiger partial charge in [-0.2, -0.15) is 0 Å². The molecule has 1 nitrogen and oxygen atoms in total. The lowest BCUT2D eigenvalue weighted by molar-refractivity contribution is 0.662. The van der Waals surface area contributed by atoms with E-state index >= 15 is 0 Å². The number of benzene rings is 8. The Bertz CT molecular complexity index is 2710. The van der Waals surface area contributed by atoms with Crippen LogP contribution in [0.3, 0.4) is 0 Å². The molecule has 0 spiro atoms. The van der Waals surface area contributed by atoms with Gasteiger partial charge in [0.2, 0.25) is 0 Å². The van der Waals surface area contributed by atoms with E-state index in [0.717, 1.165) is 38.5 Å². The van der Waals surface area contributed by atoms with Gasteiger partial charge in [0, 0.05) is 22.2 Å². The lowest BCUT2D eigenvalue weighted by atomic mass is 9.79. The summed E-state index contributed by atoms with van der Waals surface area (Å²) in [7, 11) is 0. The minimum atomic E-state index is -0.210. The molecule has 0 bridgehead atoms. The van der Waals surface area contributed by atoms with E-state index in [1.165, 1.54) is 27.8 Å². The number of anilines is 3. The Morgan fingerprint density at radius 3 is 2.04 bits per heavy atom.